The van der Waals surface area contributed by atoms with Crippen LogP contribution >= 0.6 is 0 Å². The number of hydrazone groups is 1. The number of alkyl halides is 3. The summed E-state index contributed by atoms with van der Waals surface area (Å²) in [7, 11) is 1.46. The third-order valence-electron chi connectivity index (χ3n) is 5.63. The Bertz CT molecular complexity index is 894. The standard InChI is InChI=1S/C22H28F3N5O/c1-30(27)20(29-26)17-11-16(12-19(13-17)22(23,24)25)14-31-15-21(7-9-28-10-8-21)18-5-3-2-4-6-18/h2-6,11-13,28H,7-10,14-15,26-27H2,1H3/b29-20-. The van der Waals surface area contributed by atoms with Gasteiger partial charge in [0.15, 0.2) is 5.84 Å². The molecule has 0 aliphatic carbocycles. The van der Waals surface area contributed by atoms with Gasteiger partial charge in [-0.2, -0.15) is 18.3 Å². The third kappa shape index (κ3) is 5.55. The molecular weight excluding hydrogens is 407 g/mol. The molecule has 1 aliphatic heterocycles. The van der Waals surface area contributed by atoms with Gasteiger partial charge in [0.1, 0.15) is 0 Å². The average molecular weight is 435 g/mol. The SMILES string of the molecule is CN(N)/C(=N\N)c1cc(COCC2(c3ccccc3)CCNCC2)cc(C(F)(F)F)c1. The Morgan fingerprint density at radius 1 is 1.16 bits per heavy atom. The smallest absolute Gasteiger partial charge is 0.376 e. The largest absolute Gasteiger partial charge is 0.416 e. The van der Waals surface area contributed by atoms with Gasteiger partial charge in [0.05, 0.1) is 18.8 Å². The van der Waals surface area contributed by atoms with Crippen molar-refractivity contribution < 1.29 is 17.9 Å². The zero-order valence-corrected chi connectivity index (χ0v) is 17.5. The minimum atomic E-state index is -4.52. The maximum absolute atomic E-state index is 13.4. The topological polar surface area (TPSA) is 88.9 Å². The lowest BCUT2D eigenvalue weighted by Crippen LogP contribution is -2.43. The van der Waals surface area contributed by atoms with Crippen molar-refractivity contribution in [2.45, 2.75) is 31.0 Å². The van der Waals surface area contributed by atoms with E-state index in [2.05, 4.69) is 22.6 Å². The van der Waals surface area contributed by atoms with Gasteiger partial charge in [-0.1, -0.05) is 30.3 Å². The number of ether oxygens (including phenoxy) is 1. The van der Waals surface area contributed by atoms with Crippen molar-refractivity contribution >= 4 is 5.84 Å². The molecule has 5 N–H and O–H groups in total. The van der Waals surface area contributed by atoms with Crippen molar-refractivity contribution in [3.8, 4) is 0 Å². The van der Waals surface area contributed by atoms with Crippen LogP contribution in [0.5, 0.6) is 0 Å². The lowest BCUT2D eigenvalue weighted by atomic mass is 9.74. The fourth-order valence-corrected chi connectivity index (χ4v) is 4.01. The van der Waals surface area contributed by atoms with E-state index in [9.17, 15) is 13.2 Å². The Hall–Kier alpha value is -2.62. The second-order valence-electron chi connectivity index (χ2n) is 7.87. The first kappa shape index (κ1) is 23.1. The Labute approximate surface area is 180 Å². The predicted octanol–water partition coefficient (Wildman–Crippen LogP) is 2.97. The van der Waals surface area contributed by atoms with Crippen molar-refractivity contribution in [1.29, 1.82) is 0 Å². The number of nitrogens with two attached hydrogens (primary N) is 2. The van der Waals surface area contributed by atoms with Gasteiger partial charge in [0.25, 0.3) is 0 Å². The van der Waals surface area contributed by atoms with Crippen LogP contribution in [0.1, 0.15) is 35.1 Å². The van der Waals surface area contributed by atoms with E-state index in [4.69, 9.17) is 16.4 Å². The first-order valence-corrected chi connectivity index (χ1v) is 10.1. The Morgan fingerprint density at radius 3 is 2.42 bits per heavy atom. The number of hydrogen-bond donors (Lipinski definition) is 3. The van der Waals surface area contributed by atoms with Crippen LogP contribution in [0.15, 0.2) is 53.6 Å². The molecule has 0 unspecified atom stereocenters. The van der Waals surface area contributed by atoms with Crippen LogP contribution < -0.4 is 17.0 Å². The molecule has 2 aromatic carbocycles. The molecule has 1 aliphatic rings. The average Bonchev–Trinajstić information content (AvgIpc) is 2.74. The van der Waals surface area contributed by atoms with E-state index in [1.165, 1.54) is 12.6 Å². The monoisotopic (exact) mass is 435 g/mol. The maximum Gasteiger partial charge on any atom is 0.416 e. The molecule has 9 heteroatoms. The van der Waals surface area contributed by atoms with Gasteiger partial charge in [-0.15, -0.1) is 0 Å². The molecule has 0 spiro atoms. The van der Waals surface area contributed by atoms with E-state index in [1.807, 2.05) is 18.2 Å². The molecule has 1 fully saturated rings. The molecule has 1 heterocycles. The van der Waals surface area contributed by atoms with Crippen molar-refractivity contribution in [3.05, 3.63) is 70.8 Å². The molecule has 2 aromatic rings. The van der Waals surface area contributed by atoms with Crippen LogP contribution in [0.4, 0.5) is 13.2 Å². The summed E-state index contributed by atoms with van der Waals surface area (Å²) in [5, 5.41) is 7.97. The molecule has 1 saturated heterocycles. The first-order chi connectivity index (χ1) is 14.7. The maximum atomic E-state index is 13.4. The highest BCUT2D eigenvalue weighted by Gasteiger charge is 2.35. The molecular formula is C22H28F3N5O. The summed E-state index contributed by atoms with van der Waals surface area (Å²) in [5.74, 6) is 11.1. The zero-order valence-electron chi connectivity index (χ0n) is 17.5. The first-order valence-electron chi connectivity index (χ1n) is 10.1. The van der Waals surface area contributed by atoms with Crippen LogP contribution in [0.25, 0.3) is 0 Å². The lowest BCUT2D eigenvalue weighted by molar-refractivity contribution is -0.137. The zero-order chi connectivity index (χ0) is 22.5. The van der Waals surface area contributed by atoms with Crippen LogP contribution in [0.3, 0.4) is 0 Å². The molecule has 168 valence electrons. The summed E-state index contributed by atoms with van der Waals surface area (Å²) >= 11 is 0. The van der Waals surface area contributed by atoms with Gasteiger partial charge in [-0.05, 0) is 55.3 Å². The van der Waals surface area contributed by atoms with E-state index in [0.29, 0.717) is 12.2 Å². The number of hydrogen-bond acceptors (Lipinski definition) is 5. The molecule has 0 aromatic heterocycles. The van der Waals surface area contributed by atoms with Gasteiger partial charge in [-0.3, -0.25) is 5.01 Å². The van der Waals surface area contributed by atoms with Crippen LogP contribution in [-0.4, -0.2) is 37.6 Å². The number of rotatable bonds is 6. The highest BCUT2D eigenvalue weighted by atomic mass is 19.4. The summed E-state index contributed by atoms with van der Waals surface area (Å²) in [6.07, 6.45) is -2.72. The van der Waals surface area contributed by atoms with E-state index < -0.39 is 11.7 Å². The number of halogens is 3. The van der Waals surface area contributed by atoms with Gasteiger partial charge >= 0.3 is 6.18 Å². The van der Waals surface area contributed by atoms with E-state index in [1.54, 1.807) is 6.07 Å². The summed E-state index contributed by atoms with van der Waals surface area (Å²) in [6.45, 7) is 2.18. The Kier molecular flexibility index (Phi) is 7.19. The minimum Gasteiger partial charge on any atom is -0.376 e. The molecule has 0 saturated carbocycles. The van der Waals surface area contributed by atoms with Crippen molar-refractivity contribution in [3.63, 3.8) is 0 Å². The summed E-state index contributed by atoms with van der Waals surface area (Å²) in [6, 6.07) is 13.8. The fourth-order valence-electron chi connectivity index (χ4n) is 4.01. The van der Waals surface area contributed by atoms with Crippen molar-refractivity contribution in [1.82, 2.24) is 10.3 Å². The number of nitrogens with one attached hydrogen (secondary N) is 1. The second-order valence-corrected chi connectivity index (χ2v) is 7.87. The summed E-state index contributed by atoms with van der Waals surface area (Å²) in [5.41, 5.74) is 0.776. The fraction of sp³-hybridized carbons (Fsp3) is 0.409. The summed E-state index contributed by atoms with van der Waals surface area (Å²) < 4.78 is 46.3. The van der Waals surface area contributed by atoms with Crippen LogP contribution in [0.2, 0.25) is 0 Å². The van der Waals surface area contributed by atoms with E-state index >= 15 is 0 Å². The highest BCUT2D eigenvalue weighted by Crippen LogP contribution is 2.35. The highest BCUT2D eigenvalue weighted by molar-refractivity contribution is 5.98. The van der Waals surface area contributed by atoms with E-state index in [-0.39, 0.29) is 23.4 Å². The molecule has 0 radical (unpaired) electrons. The second kappa shape index (κ2) is 9.67. The van der Waals surface area contributed by atoms with Crippen molar-refractivity contribution in [2.24, 2.45) is 16.8 Å². The third-order valence-corrected chi connectivity index (χ3v) is 5.63. The minimum absolute atomic E-state index is 0.0328. The lowest BCUT2D eigenvalue weighted by Gasteiger charge is -2.38. The van der Waals surface area contributed by atoms with Gasteiger partial charge in [0.2, 0.25) is 0 Å². The molecule has 0 amide bonds. The predicted molar refractivity (Wildman–Crippen MR) is 114 cm³/mol. The number of nitrogens with zero attached hydrogens (tertiary/aromatic N) is 2. The normalized spacial score (nSPS) is 16.9. The van der Waals surface area contributed by atoms with Crippen molar-refractivity contribution in [2.75, 3.05) is 26.7 Å². The van der Waals surface area contributed by atoms with E-state index in [0.717, 1.165) is 43.1 Å². The molecule has 0 bridgehead atoms. The number of amidine groups is 1. The number of piperidine rings is 1. The quantitative estimate of drug-likeness (QED) is 0.281. The van der Waals surface area contributed by atoms with Crippen LogP contribution in [0, 0.1) is 0 Å². The molecule has 6 nitrogen and oxygen atoms in total. The number of hydrazine groups is 1. The van der Waals surface area contributed by atoms with Crippen LogP contribution in [-0.2, 0) is 22.9 Å². The van der Waals surface area contributed by atoms with Gasteiger partial charge in [0, 0.05) is 18.0 Å². The Morgan fingerprint density at radius 2 is 1.84 bits per heavy atom. The summed E-state index contributed by atoms with van der Waals surface area (Å²) in [4.78, 5) is 0. The number of benzene rings is 2. The Balaban J connectivity index is 1.83. The van der Waals surface area contributed by atoms with Gasteiger partial charge in [-0.25, -0.2) is 5.84 Å². The molecule has 3 rings (SSSR count). The molecule has 0 atom stereocenters. The molecule has 31 heavy (non-hydrogen) atoms. The van der Waals surface area contributed by atoms with Gasteiger partial charge < -0.3 is 15.9 Å².